The number of Topliss-reactive ketones (excluding diaryl/α,β-unsaturated/α-hetero) is 2. The van der Waals surface area contributed by atoms with Crippen molar-refractivity contribution in [2.45, 2.75) is 27.7 Å². The van der Waals surface area contributed by atoms with Gasteiger partial charge in [0, 0.05) is 11.6 Å². The van der Waals surface area contributed by atoms with Gasteiger partial charge in [-0.05, 0) is 51.5 Å². The Labute approximate surface area is 143 Å². The molecule has 132 valence electrons. The van der Waals surface area contributed by atoms with Gasteiger partial charge in [-0.25, -0.2) is 8.78 Å². The maximum Gasteiger partial charge on any atom is 0.273 e. The van der Waals surface area contributed by atoms with Crippen LogP contribution in [0.15, 0.2) is 30.3 Å². The average molecular weight is 349 g/mol. The van der Waals surface area contributed by atoms with Crippen molar-refractivity contribution in [1.29, 1.82) is 0 Å². The predicted octanol–water partition coefficient (Wildman–Crippen LogP) is 4.58. The van der Waals surface area contributed by atoms with E-state index in [0.717, 1.165) is 24.6 Å². The molecule has 0 aromatic heterocycles. The number of nitrogens with zero attached hydrogens (tertiary/aromatic N) is 1. The molecule has 0 N–H and O–H groups in total. The smallest absolute Gasteiger partial charge is 0.273 e. The molecule has 0 aliphatic carbocycles. The maximum atomic E-state index is 13.1. The van der Waals surface area contributed by atoms with Crippen LogP contribution < -0.4 is 0 Å². The van der Waals surface area contributed by atoms with E-state index in [9.17, 15) is 28.5 Å². The second kappa shape index (κ2) is 8.23. The van der Waals surface area contributed by atoms with E-state index in [4.69, 9.17) is 0 Å². The highest BCUT2D eigenvalue weighted by Crippen LogP contribution is 2.22. The normalized spacial score (nSPS) is 9.84. The van der Waals surface area contributed by atoms with Gasteiger partial charge in [-0.15, -0.1) is 0 Å². The molecule has 0 heterocycles. The summed E-state index contributed by atoms with van der Waals surface area (Å²) in [4.78, 5) is 31.5. The molecule has 0 bridgehead atoms. The number of rotatable bonds is 3. The van der Waals surface area contributed by atoms with Crippen LogP contribution in [0.4, 0.5) is 14.5 Å². The molecule has 0 atom stereocenters. The number of halogens is 2. The number of nitro benzene ring substituents is 1. The van der Waals surface area contributed by atoms with Crippen molar-refractivity contribution in [2.24, 2.45) is 0 Å². The Morgan fingerprint density at radius 1 is 0.920 bits per heavy atom. The second-order valence-electron chi connectivity index (χ2n) is 5.47. The minimum absolute atomic E-state index is 0.163. The molecule has 0 unspecified atom stereocenters. The van der Waals surface area contributed by atoms with E-state index in [1.54, 1.807) is 13.0 Å². The van der Waals surface area contributed by atoms with E-state index < -0.39 is 22.3 Å². The van der Waals surface area contributed by atoms with Crippen LogP contribution in [-0.2, 0) is 0 Å². The molecule has 2 aromatic rings. The molecule has 0 saturated heterocycles. The van der Waals surface area contributed by atoms with Crippen LogP contribution in [0, 0.1) is 35.6 Å². The Kier molecular flexibility index (Phi) is 6.61. The number of benzene rings is 2. The van der Waals surface area contributed by atoms with Gasteiger partial charge in [0.05, 0.1) is 16.1 Å². The highest BCUT2D eigenvalue weighted by Gasteiger charge is 2.17. The van der Waals surface area contributed by atoms with Gasteiger partial charge in [0.25, 0.3) is 5.69 Å². The minimum atomic E-state index is -0.722. The largest absolute Gasteiger partial charge is 0.294 e. The first kappa shape index (κ1) is 20.1. The number of ketones is 2. The first-order valence-electron chi connectivity index (χ1n) is 7.27. The fraction of sp³-hybridized carbons (Fsp3) is 0.222. The average Bonchev–Trinajstić information content (AvgIpc) is 2.46. The fourth-order valence-electron chi connectivity index (χ4n) is 2.03. The maximum absolute atomic E-state index is 13.1. The monoisotopic (exact) mass is 349 g/mol. The summed E-state index contributed by atoms with van der Waals surface area (Å²) < 4.78 is 26.0. The van der Waals surface area contributed by atoms with Gasteiger partial charge in [-0.2, -0.15) is 0 Å². The standard InChI is InChI=1S/C9H8FNO3.C9H9FO/c1-5-3-8(10)7(6(2)12)4-9(5)11(13)14;1-6-3-4-8(7(2)11)9(10)5-6/h3-4H,1-2H3;3-5H,1-2H3. The Hall–Kier alpha value is -2.96. The lowest BCUT2D eigenvalue weighted by Crippen LogP contribution is -2.01. The molecule has 5 nitrogen and oxygen atoms in total. The van der Waals surface area contributed by atoms with Crippen molar-refractivity contribution in [3.63, 3.8) is 0 Å². The van der Waals surface area contributed by atoms with Crippen molar-refractivity contribution in [2.75, 3.05) is 0 Å². The fourth-order valence-corrected chi connectivity index (χ4v) is 2.03. The quantitative estimate of drug-likeness (QED) is 0.461. The molecule has 25 heavy (non-hydrogen) atoms. The molecular weight excluding hydrogens is 332 g/mol. The first-order valence-corrected chi connectivity index (χ1v) is 7.27. The van der Waals surface area contributed by atoms with Crippen LogP contribution >= 0.6 is 0 Å². The van der Waals surface area contributed by atoms with Gasteiger partial charge in [0.1, 0.15) is 11.6 Å². The van der Waals surface area contributed by atoms with Gasteiger partial charge >= 0.3 is 0 Å². The number of hydrogen-bond acceptors (Lipinski definition) is 4. The van der Waals surface area contributed by atoms with Gasteiger partial charge in [-0.1, -0.05) is 6.07 Å². The Balaban J connectivity index is 0.000000257. The zero-order chi connectivity index (χ0) is 19.3. The van der Waals surface area contributed by atoms with Crippen LogP contribution in [0.3, 0.4) is 0 Å². The zero-order valence-electron chi connectivity index (χ0n) is 14.2. The molecule has 7 heteroatoms. The van der Waals surface area contributed by atoms with Crippen LogP contribution in [0.2, 0.25) is 0 Å². The van der Waals surface area contributed by atoms with Crippen LogP contribution in [0.25, 0.3) is 0 Å². The third-order valence-electron chi connectivity index (χ3n) is 3.37. The Bertz CT molecular complexity index is 812. The Morgan fingerprint density at radius 2 is 1.44 bits per heavy atom. The number of nitro groups is 1. The van der Waals surface area contributed by atoms with E-state index in [1.807, 2.05) is 0 Å². The lowest BCUT2D eigenvalue weighted by Gasteiger charge is -2.01. The highest BCUT2D eigenvalue weighted by molar-refractivity contribution is 5.95. The summed E-state index contributed by atoms with van der Waals surface area (Å²) in [7, 11) is 0. The molecule has 0 amide bonds. The van der Waals surface area contributed by atoms with Crippen molar-refractivity contribution in [1.82, 2.24) is 0 Å². The van der Waals surface area contributed by atoms with Crippen LogP contribution in [-0.4, -0.2) is 16.5 Å². The minimum Gasteiger partial charge on any atom is -0.294 e. The Morgan fingerprint density at radius 3 is 1.88 bits per heavy atom. The van der Waals surface area contributed by atoms with Crippen molar-refractivity contribution >= 4 is 17.3 Å². The molecular formula is C18H17F2NO4. The van der Waals surface area contributed by atoms with E-state index in [1.165, 1.54) is 26.0 Å². The lowest BCUT2D eigenvalue weighted by molar-refractivity contribution is -0.385. The first-order chi connectivity index (χ1) is 11.5. The number of hydrogen-bond donors (Lipinski definition) is 0. The summed E-state index contributed by atoms with van der Waals surface area (Å²) in [5.74, 6) is -1.91. The van der Waals surface area contributed by atoms with Crippen molar-refractivity contribution in [3.8, 4) is 0 Å². The van der Waals surface area contributed by atoms with Gasteiger partial charge in [-0.3, -0.25) is 19.7 Å². The topological polar surface area (TPSA) is 77.3 Å². The molecule has 0 radical (unpaired) electrons. The molecule has 0 aliphatic heterocycles. The molecule has 2 rings (SSSR count). The van der Waals surface area contributed by atoms with Gasteiger partial charge < -0.3 is 0 Å². The number of aryl methyl sites for hydroxylation is 2. The SMILES string of the molecule is CC(=O)c1cc([N+](=O)[O-])c(C)cc1F.CC(=O)c1ccc(C)cc1F. The third kappa shape index (κ3) is 5.27. The molecule has 0 aliphatic rings. The van der Waals surface area contributed by atoms with E-state index in [-0.39, 0.29) is 28.2 Å². The summed E-state index contributed by atoms with van der Waals surface area (Å²) in [5, 5.41) is 10.5. The van der Waals surface area contributed by atoms with E-state index in [0.29, 0.717) is 0 Å². The number of carbonyl (C=O) groups excluding carboxylic acids is 2. The molecule has 0 saturated carbocycles. The van der Waals surface area contributed by atoms with Crippen molar-refractivity contribution in [3.05, 3.63) is 74.3 Å². The lowest BCUT2D eigenvalue weighted by atomic mass is 10.1. The summed E-state index contributed by atoms with van der Waals surface area (Å²) in [6, 6.07) is 6.55. The summed E-state index contributed by atoms with van der Waals surface area (Å²) in [6.07, 6.45) is 0. The summed E-state index contributed by atoms with van der Waals surface area (Å²) in [6.45, 7) is 5.73. The van der Waals surface area contributed by atoms with Gasteiger partial charge in [0.2, 0.25) is 0 Å². The van der Waals surface area contributed by atoms with Gasteiger partial charge in [0.15, 0.2) is 11.6 Å². The van der Waals surface area contributed by atoms with E-state index >= 15 is 0 Å². The van der Waals surface area contributed by atoms with Crippen LogP contribution in [0.5, 0.6) is 0 Å². The van der Waals surface area contributed by atoms with Crippen molar-refractivity contribution < 1.29 is 23.3 Å². The van der Waals surface area contributed by atoms with E-state index in [2.05, 4.69) is 0 Å². The molecule has 0 fully saturated rings. The summed E-state index contributed by atoms with van der Waals surface area (Å²) in [5.41, 5.74) is 0.708. The number of carbonyl (C=O) groups is 2. The predicted molar refractivity (Wildman–Crippen MR) is 88.9 cm³/mol. The highest BCUT2D eigenvalue weighted by atomic mass is 19.1. The zero-order valence-corrected chi connectivity index (χ0v) is 14.2. The summed E-state index contributed by atoms with van der Waals surface area (Å²) >= 11 is 0. The molecule has 0 spiro atoms. The second-order valence-corrected chi connectivity index (χ2v) is 5.47. The molecule has 2 aromatic carbocycles. The van der Waals surface area contributed by atoms with Crippen LogP contribution in [0.1, 0.15) is 45.7 Å². The third-order valence-corrected chi connectivity index (χ3v) is 3.37.